The third-order valence-corrected chi connectivity index (χ3v) is 19.9. The van der Waals surface area contributed by atoms with Crippen LogP contribution in [0.25, 0.3) is 21.9 Å². The Morgan fingerprint density at radius 1 is 0.507 bits per heavy atom. The van der Waals surface area contributed by atoms with Gasteiger partial charge in [-0.1, -0.05) is 135 Å². The second-order valence-corrected chi connectivity index (χ2v) is 25.8. The van der Waals surface area contributed by atoms with Crippen molar-refractivity contribution in [1.29, 1.82) is 0 Å². The second kappa shape index (κ2) is 13.7. The largest absolute Gasteiger partial charge is 0.456 e. The van der Waals surface area contributed by atoms with E-state index in [1.807, 2.05) is 0 Å². The zero-order valence-corrected chi connectivity index (χ0v) is 44.1. The first kappa shape index (κ1) is 43.6. The lowest BCUT2D eigenvalue weighted by molar-refractivity contribution is 0.193. The molecule has 6 aromatic carbocycles. The van der Waals surface area contributed by atoms with E-state index in [9.17, 15) is 0 Å². The molecular weight excluding hydrogens is 838 g/mol. The molecule has 0 bridgehead atoms. The molecule has 5 heterocycles. The highest BCUT2D eigenvalue weighted by atomic mass is 16.3. The fourth-order valence-electron chi connectivity index (χ4n) is 15.9. The average Bonchev–Trinajstić information content (AvgIpc) is 3.83. The summed E-state index contributed by atoms with van der Waals surface area (Å²) in [7, 11) is 0. The molecule has 69 heavy (non-hydrogen) atoms. The van der Waals surface area contributed by atoms with Gasteiger partial charge in [-0.15, -0.1) is 0 Å². The van der Waals surface area contributed by atoms with Crippen LogP contribution in [0.5, 0.6) is 0 Å². The minimum Gasteiger partial charge on any atom is -0.456 e. The number of hydrogen-bond donors (Lipinski definition) is 0. The monoisotopic (exact) mass is 910 g/mol. The molecule has 4 unspecified atom stereocenters. The zero-order chi connectivity index (χ0) is 48.3. The first-order chi connectivity index (χ1) is 32.6. The van der Waals surface area contributed by atoms with Crippen LogP contribution in [-0.4, -0.2) is 17.8 Å². The molecule has 7 aromatic rings. The van der Waals surface area contributed by atoms with Gasteiger partial charge < -0.3 is 19.1 Å². The van der Waals surface area contributed by atoms with Crippen molar-refractivity contribution in [3.8, 4) is 0 Å². The standard InChI is InChI=1S/C64H72BN3O/c1-37-29-38(2)55-58-54(37)62(12)26-18-20-28-64(62,14)68(58)51-34-43(67-48-24-23-41(59(5,6)7)32-46(48)61(11)25-17-19-27-63(61,67)13)33-50-56(51)65(55)47-36-53-45(44-21-15-16-22-52(44)69-53)35-49(47)66(50)57-39(3)30-42(31-40(57)4)60(8,9)10/h15-16,21-24,29-36H,17-20,25-28H2,1-14H3. The van der Waals surface area contributed by atoms with Crippen LogP contribution < -0.4 is 31.1 Å². The fraction of sp³-hybridized carbons (Fsp3) is 0.438. The summed E-state index contributed by atoms with van der Waals surface area (Å²) in [5.74, 6) is 0. The lowest BCUT2D eigenvalue weighted by Gasteiger charge is -2.54. The van der Waals surface area contributed by atoms with E-state index in [-0.39, 0.29) is 39.5 Å². The van der Waals surface area contributed by atoms with Gasteiger partial charge in [0.2, 0.25) is 0 Å². The Morgan fingerprint density at radius 3 is 1.84 bits per heavy atom. The number of para-hydroxylation sites is 1. The maximum absolute atomic E-state index is 6.88. The number of aryl methyl sites for hydroxylation is 4. The predicted molar refractivity (Wildman–Crippen MR) is 295 cm³/mol. The molecule has 0 N–H and O–H groups in total. The lowest BCUT2D eigenvalue weighted by Crippen LogP contribution is -2.65. The van der Waals surface area contributed by atoms with E-state index in [4.69, 9.17) is 4.42 Å². The highest BCUT2D eigenvalue weighted by Crippen LogP contribution is 2.65. The summed E-state index contributed by atoms with van der Waals surface area (Å²) in [4.78, 5) is 8.57. The Bertz CT molecular complexity index is 3390. The van der Waals surface area contributed by atoms with E-state index in [2.05, 4.69) is 197 Å². The molecule has 0 amide bonds. The molecule has 13 rings (SSSR count). The fourth-order valence-corrected chi connectivity index (χ4v) is 15.9. The molecule has 352 valence electrons. The molecule has 6 aliphatic rings. The highest BCUT2D eigenvalue weighted by Gasteiger charge is 2.63. The van der Waals surface area contributed by atoms with E-state index >= 15 is 0 Å². The number of anilines is 7. The average molecular weight is 910 g/mol. The van der Waals surface area contributed by atoms with Crippen molar-refractivity contribution >= 4 is 84.9 Å². The van der Waals surface area contributed by atoms with Crippen molar-refractivity contribution in [3.63, 3.8) is 0 Å². The smallest absolute Gasteiger partial charge is 0.252 e. The third kappa shape index (κ3) is 5.38. The summed E-state index contributed by atoms with van der Waals surface area (Å²) in [6, 6.07) is 34.1. The van der Waals surface area contributed by atoms with Gasteiger partial charge in [0, 0.05) is 55.7 Å². The van der Waals surface area contributed by atoms with Gasteiger partial charge in [0.25, 0.3) is 6.71 Å². The molecule has 2 fully saturated rings. The summed E-state index contributed by atoms with van der Waals surface area (Å²) in [5, 5.41) is 2.35. The summed E-state index contributed by atoms with van der Waals surface area (Å²) >= 11 is 0. The lowest BCUT2D eigenvalue weighted by atomic mass is 9.32. The van der Waals surface area contributed by atoms with Gasteiger partial charge >= 0.3 is 0 Å². The zero-order valence-electron chi connectivity index (χ0n) is 44.1. The molecule has 0 saturated heterocycles. The molecule has 4 aliphatic heterocycles. The number of rotatable bonds is 2. The Morgan fingerprint density at radius 2 is 1.14 bits per heavy atom. The van der Waals surface area contributed by atoms with Crippen LogP contribution in [0.3, 0.4) is 0 Å². The van der Waals surface area contributed by atoms with Gasteiger partial charge in [0.15, 0.2) is 0 Å². The van der Waals surface area contributed by atoms with Gasteiger partial charge in [-0.25, -0.2) is 0 Å². The van der Waals surface area contributed by atoms with Crippen molar-refractivity contribution < 1.29 is 4.42 Å². The number of furan rings is 1. The first-order valence-electron chi connectivity index (χ1n) is 26.6. The highest BCUT2D eigenvalue weighted by molar-refractivity contribution is 7.00. The Kier molecular flexibility index (Phi) is 8.66. The minimum absolute atomic E-state index is 0.00217. The molecular formula is C64H72BN3O. The second-order valence-electron chi connectivity index (χ2n) is 25.8. The van der Waals surface area contributed by atoms with E-state index in [0.717, 1.165) is 17.6 Å². The van der Waals surface area contributed by atoms with Gasteiger partial charge in [-0.3, -0.25) is 0 Å². The molecule has 1 aromatic heterocycles. The molecule has 4 atom stereocenters. The van der Waals surface area contributed by atoms with Gasteiger partial charge in [0.1, 0.15) is 11.2 Å². The number of nitrogens with zero attached hydrogens (tertiary/aromatic N) is 3. The minimum atomic E-state index is -0.108. The van der Waals surface area contributed by atoms with Crippen LogP contribution in [-0.2, 0) is 21.7 Å². The van der Waals surface area contributed by atoms with Crippen molar-refractivity contribution in [1.82, 2.24) is 0 Å². The summed E-state index contributed by atoms with van der Waals surface area (Å²) < 4.78 is 6.88. The summed E-state index contributed by atoms with van der Waals surface area (Å²) in [6.07, 6.45) is 9.76. The number of benzene rings is 6. The quantitative estimate of drug-likeness (QED) is 0.161. The third-order valence-electron chi connectivity index (χ3n) is 19.9. The maximum Gasteiger partial charge on any atom is 0.252 e. The van der Waals surface area contributed by atoms with Crippen LogP contribution in [0.4, 0.5) is 39.8 Å². The Hall–Kier alpha value is -5.42. The van der Waals surface area contributed by atoms with E-state index in [0.29, 0.717) is 0 Å². The first-order valence-corrected chi connectivity index (χ1v) is 26.6. The van der Waals surface area contributed by atoms with Gasteiger partial charge in [-0.2, -0.15) is 0 Å². The number of hydrogen-bond acceptors (Lipinski definition) is 4. The maximum atomic E-state index is 6.88. The normalized spacial score (nSPS) is 25.5. The summed E-state index contributed by atoms with van der Waals surface area (Å²) in [6.45, 7) is 34.3. The molecule has 5 heteroatoms. The van der Waals surface area contributed by atoms with Crippen molar-refractivity contribution in [2.24, 2.45) is 0 Å². The van der Waals surface area contributed by atoms with Crippen LogP contribution in [0, 0.1) is 27.7 Å². The van der Waals surface area contributed by atoms with Crippen molar-refractivity contribution in [2.45, 2.75) is 181 Å². The molecule has 2 saturated carbocycles. The van der Waals surface area contributed by atoms with Crippen molar-refractivity contribution in [2.75, 3.05) is 14.7 Å². The number of fused-ring (bicyclic) bond motifs is 13. The van der Waals surface area contributed by atoms with E-state index in [1.165, 1.54) is 151 Å². The van der Waals surface area contributed by atoms with Crippen LogP contribution in [0.1, 0.15) is 165 Å². The van der Waals surface area contributed by atoms with Crippen molar-refractivity contribution in [3.05, 3.63) is 129 Å². The van der Waals surface area contributed by atoms with Gasteiger partial charge in [-0.05, 0) is 170 Å². The van der Waals surface area contributed by atoms with Crippen LogP contribution >= 0.6 is 0 Å². The SMILES string of the molecule is Cc1cc(C)c2c3c1B1c4cc5oc6ccccc6c5cc4N(c4c(C)cc(C(C)(C)C)cc4C)c4cc(N5c6ccc(C(C)(C)C)cc6C6(C)CCCCC56C)cc(c41)N3C1(C)CCCCC21C. The Labute approximate surface area is 412 Å². The van der Waals surface area contributed by atoms with E-state index in [1.54, 1.807) is 5.56 Å². The molecule has 4 nitrogen and oxygen atoms in total. The predicted octanol–water partition coefficient (Wildman–Crippen LogP) is 15.5. The van der Waals surface area contributed by atoms with E-state index < -0.39 is 0 Å². The van der Waals surface area contributed by atoms with Crippen LogP contribution in [0.2, 0.25) is 0 Å². The topological polar surface area (TPSA) is 22.9 Å². The molecule has 0 radical (unpaired) electrons. The van der Waals surface area contributed by atoms with Gasteiger partial charge in [0.05, 0.1) is 16.8 Å². The summed E-state index contributed by atoms with van der Waals surface area (Å²) in [5.41, 5.74) is 27.0. The Balaban J connectivity index is 1.20. The molecule has 0 spiro atoms. The molecule has 2 aliphatic carbocycles. The van der Waals surface area contributed by atoms with Crippen LogP contribution in [0.15, 0.2) is 89.3 Å².